The van der Waals surface area contributed by atoms with Crippen molar-refractivity contribution in [1.82, 2.24) is 0 Å². The zero-order chi connectivity index (χ0) is 13.1. The predicted octanol–water partition coefficient (Wildman–Crippen LogP) is 1.36. The van der Waals surface area contributed by atoms with Crippen molar-refractivity contribution in [3.8, 4) is 0 Å². The van der Waals surface area contributed by atoms with Gasteiger partial charge >= 0.3 is 0 Å². The lowest BCUT2D eigenvalue weighted by Crippen LogP contribution is -2.30. The second-order valence-electron chi connectivity index (χ2n) is 5.60. The van der Waals surface area contributed by atoms with Gasteiger partial charge in [-0.25, -0.2) is 0 Å². The average Bonchev–Trinajstić information content (AvgIpc) is 3.02. The maximum atomic E-state index is 12.5. The quantitative estimate of drug-likeness (QED) is 0.752. The van der Waals surface area contributed by atoms with Gasteiger partial charge in [0.2, 0.25) is 6.29 Å². The number of ketones is 2. The van der Waals surface area contributed by atoms with Gasteiger partial charge in [0, 0.05) is 23.3 Å². The Balaban J connectivity index is 1.60. The van der Waals surface area contributed by atoms with Crippen LogP contribution in [0, 0.1) is 24.7 Å². The van der Waals surface area contributed by atoms with Crippen LogP contribution >= 0.6 is 0 Å². The highest BCUT2D eigenvalue weighted by molar-refractivity contribution is 6.05. The van der Waals surface area contributed by atoms with Crippen molar-refractivity contribution < 1.29 is 19.1 Å². The Hall–Kier alpha value is -1.52. The molecule has 2 saturated heterocycles. The number of fused-ring (bicyclic) bond motifs is 4. The summed E-state index contributed by atoms with van der Waals surface area (Å²) < 4.78 is 10.7. The lowest BCUT2D eigenvalue weighted by atomic mass is 10.0. The van der Waals surface area contributed by atoms with E-state index in [0.29, 0.717) is 12.2 Å². The molecule has 0 aromatic heterocycles. The summed E-state index contributed by atoms with van der Waals surface area (Å²) in [6.45, 7) is 2.42. The molecule has 4 nitrogen and oxygen atoms in total. The summed E-state index contributed by atoms with van der Waals surface area (Å²) in [6, 6.07) is 7.52. The molecule has 1 aromatic carbocycles. The second-order valence-corrected chi connectivity index (χ2v) is 5.60. The van der Waals surface area contributed by atoms with Crippen LogP contribution in [0.1, 0.15) is 15.9 Å². The fraction of sp³-hybridized carbons (Fsp3) is 0.467. The largest absolute Gasteiger partial charge is 0.343 e. The highest BCUT2D eigenvalue weighted by Crippen LogP contribution is 2.57. The summed E-state index contributed by atoms with van der Waals surface area (Å²) in [5.41, 5.74) is 1.81. The Labute approximate surface area is 110 Å². The number of hydrogen-bond donors (Lipinski definition) is 0. The van der Waals surface area contributed by atoms with Crippen LogP contribution in [0.2, 0.25) is 0 Å². The van der Waals surface area contributed by atoms with E-state index < -0.39 is 6.29 Å². The van der Waals surface area contributed by atoms with E-state index in [0.717, 1.165) is 5.56 Å². The molecular formula is C15H14O4. The molecule has 98 valence electrons. The lowest BCUT2D eigenvalue weighted by molar-refractivity contribution is -0.153. The molecule has 4 heteroatoms. The minimum absolute atomic E-state index is 0.0278. The maximum Gasteiger partial charge on any atom is 0.218 e. The molecule has 2 unspecified atom stereocenters. The fourth-order valence-corrected chi connectivity index (χ4v) is 3.34. The molecule has 2 bridgehead atoms. The number of rotatable bonds is 2. The van der Waals surface area contributed by atoms with Gasteiger partial charge in [-0.15, -0.1) is 0 Å². The SMILES string of the molecule is Cc1ccc(C(=O)[C@@H]2[C@H]3C(=O)C4OCC(O4)[C@@H]23)cc1. The summed E-state index contributed by atoms with van der Waals surface area (Å²) in [4.78, 5) is 24.5. The molecule has 2 aliphatic heterocycles. The molecule has 2 heterocycles. The zero-order valence-electron chi connectivity index (χ0n) is 10.5. The number of aryl methyl sites for hydroxylation is 1. The van der Waals surface area contributed by atoms with Gasteiger partial charge in [-0.2, -0.15) is 0 Å². The van der Waals surface area contributed by atoms with E-state index in [4.69, 9.17) is 9.47 Å². The Kier molecular flexibility index (Phi) is 2.23. The van der Waals surface area contributed by atoms with E-state index in [2.05, 4.69) is 0 Å². The van der Waals surface area contributed by atoms with Crippen molar-refractivity contribution in [1.29, 1.82) is 0 Å². The number of benzene rings is 1. The molecular weight excluding hydrogens is 244 g/mol. The number of ether oxygens (including phenoxy) is 2. The third kappa shape index (κ3) is 1.53. The highest BCUT2D eigenvalue weighted by atomic mass is 16.7. The Morgan fingerprint density at radius 1 is 1.26 bits per heavy atom. The highest BCUT2D eigenvalue weighted by Gasteiger charge is 2.68. The van der Waals surface area contributed by atoms with Crippen molar-refractivity contribution in [3.05, 3.63) is 35.4 Å². The fourth-order valence-electron chi connectivity index (χ4n) is 3.34. The van der Waals surface area contributed by atoms with Crippen molar-refractivity contribution in [2.45, 2.75) is 19.3 Å². The smallest absolute Gasteiger partial charge is 0.218 e. The number of carbonyl (C=O) groups is 2. The average molecular weight is 258 g/mol. The standard InChI is InChI=1S/C15H14O4/c1-7-2-4-8(5-3-7)13(16)11-10-9-6-18-15(19-9)14(17)12(10)11/h2-5,9-12,15H,6H2,1H3/t9?,10-,11-,12-,15?/m0/s1. The van der Waals surface area contributed by atoms with Gasteiger partial charge in [0.05, 0.1) is 12.7 Å². The topological polar surface area (TPSA) is 52.6 Å². The first-order valence-electron chi connectivity index (χ1n) is 6.58. The second kappa shape index (κ2) is 3.74. The third-order valence-electron chi connectivity index (χ3n) is 4.41. The molecule has 4 rings (SSSR count). The van der Waals surface area contributed by atoms with Gasteiger partial charge in [-0.1, -0.05) is 29.8 Å². The Bertz CT molecular complexity index is 562. The molecule has 1 saturated carbocycles. The van der Waals surface area contributed by atoms with Gasteiger partial charge in [-0.05, 0) is 6.92 Å². The molecule has 0 radical (unpaired) electrons. The molecule has 3 aliphatic rings. The van der Waals surface area contributed by atoms with Gasteiger partial charge in [-0.3, -0.25) is 9.59 Å². The lowest BCUT2D eigenvalue weighted by Gasteiger charge is -2.14. The summed E-state index contributed by atoms with van der Waals surface area (Å²) in [7, 11) is 0. The molecule has 5 atom stereocenters. The van der Waals surface area contributed by atoms with Crippen LogP contribution < -0.4 is 0 Å². The van der Waals surface area contributed by atoms with Crippen LogP contribution in [0.3, 0.4) is 0 Å². The summed E-state index contributed by atoms with van der Waals surface area (Å²) in [5, 5.41) is 0. The predicted molar refractivity (Wildman–Crippen MR) is 65.6 cm³/mol. The van der Waals surface area contributed by atoms with Crippen LogP contribution in [-0.2, 0) is 14.3 Å². The minimum atomic E-state index is -0.720. The van der Waals surface area contributed by atoms with Crippen LogP contribution in [0.5, 0.6) is 0 Å². The van der Waals surface area contributed by atoms with E-state index in [-0.39, 0.29) is 35.4 Å². The Morgan fingerprint density at radius 2 is 2.00 bits per heavy atom. The molecule has 0 amide bonds. The van der Waals surface area contributed by atoms with Crippen molar-refractivity contribution in [2.24, 2.45) is 17.8 Å². The van der Waals surface area contributed by atoms with Crippen molar-refractivity contribution in [3.63, 3.8) is 0 Å². The van der Waals surface area contributed by atoms with E-state index in [1.807, 2.05) is 31.2 Å². The van der Waals surface area contributed by atoms with Crippen LogP contribution in [0.25, 0.3) is 0 Å². The van der Waals surface area contributed by atoms with Gasteiger partial charge in [0.25, 0.3) is 0 Å². The summed E-state index contributed by atoms with van der Waals surface area (Å²) >= 11 is 0. The zero-order valence-corrected chi connectivity index (χ0v) is 10.5. The van der Waals surface area contributed by atoms with Crippen molar-refractivity contribution >= 4 is 11.6 Å². The van der Waals surface area contributed by atoms with E-state index in [1.165, 1.54) is 0 Å². The van der Waals surface area contributed by atoms with Gasteiger partial charge in [0.1, 0.15) is 0 Å². The van der Waals surface area contributed by atoms with Crippen LogP contribution in [-0.4, -0.2) is 30.6 Å². The van der Waals surface area contributed by atoms with Gasteiger partial charge < -0.3 is 9.47 Å². The van der Waals surface area contributed by atoms with Crippen molar-refractivity contribution in [2.75, 3.05) is 6.61 Å². The maximum absolute atomic E-state index is 12.5. The first-order valence-corrected chi connectivity index (χ1v) is 6.58. The minimum Gasteiger partial charge on any atom is -0.343 e. The molecule has 0 spiro atoms. The summed E-state index contributed by atoms with van der Waals surface area (Å²) in [6.07, 6.45) is -0.797. The molecule has 1 aromatic rings. The van der Waals surface area contributed by atoms with E-state index in [1.54, 1.807) is 0 Å². The molecule has 19 heavy (non-hydrogen) atoms. The number of Topliss-reactive ketones (excluding diaryl/α,β-unsaturated/α-hetero) is 2. The van der Waals surface area contributed by atoms with Crippen LogP contribution in [0.4, 0.5) is 0 Å². The first kappa shape index (κ1) is 11.3. The first-order chi connectivity index (χ1) is 9.16. The number of hydrogen-bond acceptors (Lipinski definition) is 4. The third-order valence-corrected chi connectivity index (χ3v) is 4.41. The molecule has 1 aliphatic carbocycles. The van der Waals surface area contributed by atoms with Gasteiger partial charge in [0.15, 0.2) is 11.6 Å². The van der Waals surface area contributed by atoms with E-state index in [9.17, 15) is 9.59 Å². The van der Waals surface area contributed by atoms with E-state index >= 15 is 0 Å². The Morgan fingerprint density at radius 3 is 2.74 bits per heavy atom. The number of carbonyl (C=O) groups excluding carboxylic acids is 2. The van der Waals surface area contributed by atoms with Crippen LogP contribution in [0.15, 0.2) is 24.3 Å². The normalized spacial score (nSPS) is 39.0. The molecule has 3 fully saturated rings. The summed E-state index contributed by atoms with van der Waals surface area (Å²) in [5.74, 6) is -0.335. The monoisotopic (exact) mass is 258 g/mol. The molecule has 0 N–H and O–H groups in total.